The van der Waals surface area contributed by atoms with Crippen LogP contribution in [0.15, 0.2) is 60.4 Å². The van der Waals surface area contributed by atoms with Gasteiger partial charge in [-0.15, -0.1) is 11.3 Å². The summed E-state index contributed by atoms with van der Waals surface area (Å²) in [5.74, 6) is -0.321. The van der Waals surface area contributed by atoms with E-state index in [1.165, 1.54) is 22.8 Å². The molecule has 160 valence electrons. The fourth-order valence-corrected chi connectivity index (χ4v) is 4.71. The van der Waals surface area contributed by atoms with E-state index in [0.29, 0.717) is 38.3 Å². The number of thiophene rings is 1. The first-order valence-corrected chi connectivity index (χ1v) is 11.5. The molecule has 0 saturated carbocycles. The van der Waals surface area contributed by atoms with Gasteiger partial charge >= 0.3 is 0 Å². The Morgan fingerprint density at radius 2 is 2.00 bits per heavy atom. The molecule has 3 aromatic rings. The summed E-state index contributed by atoms with van der Waals surface area (Å²) in [6.07, 6.45) is 6.05. The topological polar surface area (TPSA) is 66.4 Å². The van der Waals surface area contributed by atoms with Crippen LogP contribution in [0.2, 0.25) is 0 Å². The quantitative estimate of drug-likeness (QED) is 0.593. The molecule has 3 heterocycles. The molecule has 0 bridgehead atoms. The van der Waals surface area contributed by atoms with Crippen molar-refractivity contribution in [2.45, 2.75) is 19.8 Å². The molecule has 4 rings (SSSR count). The van der Waals surface area contributed by atoms with Gasteiger partial charge in [0.1, 0.15) is 5.69 Å². The van der Waals surface area contributed by atoms with E-state index in [4.69, 9.17) is 0 Å². The van der Waals surface area contributed by atoms with Crippen LogP contribution in [0.4, 0.5) is 0 Å². The van der Waals surface area contributed by atoms with Crippen LogP contribution in [0.25, 0.3) is 10.4 Å². The summed E-state index contributed by atoms with van der Waals surface area (Å²) < 4.78 is 0. The number of aromatic nitrogens is 2. The molecular formula is C24H26N4O2S. The highest BCUT2D eigenvalue weighted by molar-refractivity contribution is 7.13. The van der Waals surface area contributed by atoms with Gasteiger partial charge in [0.25, 0.3) is 5.91 Å². The summed E-state index contributed by atoms with van der Waals surface area (Å²) in [6.45, 7) is 4.22. The number of carbonyl (C=O) groups is 2. The lowest BCUT2D eigenvalue weighted by atomic mass is 9.96. The lowest BCUT2D eigenvalue weighted by Crippen LogP contribution is -2.38. The summed E-state index contributed by atoms with van der Waals surface area (Å²) in [6, 6.07) is 12.5. The molecule has 0 N–H and O–H groups in total. The molecule has 7 heteroatoms. The van der Waals surface area contributed by atoms with E-state index in [0.717, 1.165) is 12.0 Å². The van der Waals surface area contributed by atoms with Gasteiger partial charge in [-0.3, -0.25) is 14.6 Å². The number of hydrogen-bond donors (Lipinski definition) is 0. The molecule has 0 spiro atoms. The molecule has 0 radical (unpaired) electrons. The molecule has 1 aliphatic rings. The van der Waals surface area contributed by atoms with Gasteiger partial charge in [-0.1, -0.05) is 37.3 Å². The summed E-state index contributed by atoms with van der Waals surface area (Å²) in [5.41, 5.74) is 2.60. The summed E-state index contributed by atoms with van der Waals surface area (Å²) in [4.78, 5) is 39.3. The number of amides is 2. The lowest BCUT2D eigenvalue weighted by molar-refractivity contribution is -0.134. The van der Waals surface area contributed by atoms with E-state index < -0.39 is 0 Å². The van der Waals surface area contributed by atoms with Crippen LogP contribution in [-0.2, 0) is 11.2 Å². The highest BCUT2D eigenvalue weighted by atomic mass is 32.1. The minimum Gasteiger partial charge on any atom is -0.341 e. The molecule has 1 saturated heterocycles. The average molecular weight is 435 g/mol. The van der Waals surface area contributed by atoms with Gasteiger partial charge in [-0.2, -0.15) is 0 Å². The molecule has 2 aromatic heterocycles. The standard InChI is InChI=1S/C24H26N4O2S/c1-2-11-27-12-13-28(24(30)21-16-25-9-10-26-21)17-20(23(27)29)15-18-5-7-19(8-6-18)22-4-3-14-31-22/h3-10,14,16,20H,2,11-13,15,17H2,1H3/t20-/m0/s1. The van der Waals surface area contributed by atoms with Crippen LogP contribution in [0.1, 0.15) is 29.4 Å². The van der Waals surface area contributed by atoms with Crippen molar-refractivity contribution in [2.24, 2.45) is 5.92 Å². The van der Waals surface area contributed by atoms with Crippen LogP contribution < -0.4 is 0 Å². The minimum absolute atomic E-state index is 0.124. The molecule has 1 aliphatic heterocycles. The molecule has 0 aliphatic carbocycles. The van der Waals surface area contributed by atoms with Crippen molar-refractivity contribution in [1.29, 1.82) is 0 Å². The third kappa shape index (κ3) is 4.99. The van der Waals surface area contributed by atoms with Crippen LogP contribution in [-0.4, -0.2) is 57.8 Å². The van der Waals surface area contributed by atoms with Crippen LogP contribution in [0.3, 0.4) is 0 Å². The number of benzene rings is 1. The van der Waals surface area contributed by atoms with Gasteiger partial charge in [0.2, 0.25) is 5.91 Å². The van der Waals surface area contributed by atoms with Crippen molar-refractivity contribution in [3.05, 3.63) is 71.6 Å². The zero-order valence-electron chi connectivity index (χ0n) is 17.6. The maximum absolute atomic E-state index is 13.3. The molecule has 31 heavy (non-hydrogen) atoms. The molecule has 1 atom stereocenters. The summed E-state index contributed by atoms with van der Waals surface area (Å²) >= 11 is 1.71. The molecule has 1 fully saturated rings. The van der Waals surface area contributed by atoms with Gasteiger partial charge in [-0.25, -0.2) is 4.98 Å². The third-order valence-electron chi connectivity index (χ3n) is 5.55. The fourth-order valence-electron chi connectivity index (χ4n) is 3.98. The van der Waals surface area contributed by atoms with E-state index in [2.05, 4.69) is 52.6 Å². The second-order valence-electron chi connectivity index (χ2n) is 7.74. The highest BCUT2D eigenvalue weighted by Crippen LogP contribution is 2.26. The first-order chi connectivity index (χ1) is 15.2. The maximum Gasteiger partial charge on any atom is 0.274 e. The molecule has 0 unspecified atom stereocenters. The normalized spacial score (nSPS) is 16.9. The monoisotopic (exact) mass is 434 g/mol. The van der Waals surface area contributed by atoms with Crippen molar-refractivity contribution in [2.75, 3.05) is 26.2 Å². The van der Waals surface area contributed by atoms with Crippen molar-refractivity contribution in [1.82, 2.24) is 19.8 Å². The predicted octanol–water partition coefficient (Wildman–Crippen LogP) is 3.76. The Balaban J connectivity index is 1.53. The van der Waals surface area contributed by atoms with E-state index >= 15 is 0 Å². The van der Waals surface area contributed by atoms with E-state index in [1.807, 2.05) is 11.0 Å². The summed E-state index contributed by atoms with van der Waals surface area (Å²) in [7, 11) is 0. The number of hydrogen-bond acceptors (Lipinski definition) is 5. The molecular weight excluding hydrogens is 408 g/mol. The SMILES string of the molecule is CCCN1CCN(C(=O)c2cnccn2)C[C@H](Cc2ccc(-c3cccs3)cc2)C1=O. The van der Waals surface area contributed by atoms with E-state index in [9.17, 15) is 9.59 Å². The van der Waals surface area contributed by atoms with Gasteiger partial charge in [-0.05, 0) is 35.4 Å². The fraction of sp³-hybridized carbons (Fsp3) is 0.333. The average Bonchev–Trinajstić information content (AvgIpc) is 3.30. The predicted molar refractivity (Wildman–Crippen MR) is 122 cm³/mol. The van der Waals surface area contributed by atoms with Crippen molar-refractivity contribution in [3.8, 4) is 10.4 Å². The Bertz CT molecular complexity index is 1010. The van der Waals surface area contributed by atoms with E-state index in [1.54, 1.807) is 22.4 Å². The van der Waals surface area contributed by atoms with Crippen molar-refractivity contribution >= 4 is 23.2 Å². The Labute approximate surface area is 186 Å². The first kappa shape index (κ1) is 21.2. The molecule has 2 amide bonds. The first-order valence-electron chi connectivity index (χ1n) is 10.6. The Morgan fingerprint density at radius 1 is 1.16 bits per heavy atom. The number of carbonyl (C=O) groups excluding carboxylic acids is 2. The zero-order valence-corrected chi connectivity index (χ0v) is 18.4. The number of rotatable bonds is 6. The molecule has 1 aromatic carbocycles. The number of nitrogens with zero attached hydrogens (tertiary/aromatic N) is 4. The van der Waals surface area contributed by atoms with Crippen LogP contribution in [0.5, 0.6) is 0 Å². The summed E-state index contributed by atoms with van der Waals surface area (Å²) in [5, 5.41) is 2.07. The van der Waals surface area contributed by atoms with Crippen LogP contribution in [0, 0.1) is 5.92 Å². The highest BCUT2D eigenvalue weighted by Gasteiger charge is 2.32. The van der Waals surface area contributed by atoms with Crippen molar-refractivity contribution in [3.63, 3.8) is 0 Å². The zero-order chi connectivity index (χ0) is 21.6. The second kappa shape index (κ2) is 9.83. The smallest absolute Gasteiger partial charge is 0.274 e. The van der Waals surface area contributed by atoms with Gasteiger partial charge in [0.15, 0.2) is 0 Å². The second-order valence-corrected chi connectivity index (χ2v) is 8.69. The molecule has 6 nitrogen and oxygen atoms in total. The third-order valence-corrected chi connectivity index (χ3v) is 6.47. The minimum atomic E-state index is -0.276. The Kier molecular flexibility index (Phi) is 6.72. The lowest BCUT2D eigenvalue weighted by Gasteiger charge is -2.23. The Morgan fingerprint density at radius 3 is 2.68 bits per heavy atom. The van der Waals surface area contributed by atoms with Crippen LogP contribution >= 0.6 is 11.3 Å². The Hall–Kier alpha value is -3.06. The van der Waals surface area contributed by atoms with Gasteiger partial charge < -0.3 is 9.80 Å². The largest absolute Gasteiger partial charge is 0.341 e. The van der Waals surface area contributed by atoms with E-state index in [-0.39, 0.29) is 17.7 Å². The van der Waals surface area contributed by atoms with Gasteiger partial charge in [0, 0.05) is 43.4 Å². The van der Waals surface area contributed by atoms with Crippen molar-refractivity contribution < 1.29 is 9.59 Å². The maximum atomic E-state index is 13.3. The van der Waals surface area contributed by atoms with Gasteiger partial charge in [0.05, 0.1) is 12.1 Å².